The maximum atomic E-state index is 12.5. The van der Waals surface area contributed by atoms with E-state index in [1.165, 1.54) is 54.6 Å². The minimum Gasteiger partial charge on any atom is -0.508 e. The molecule has 9 N–H and O–H groups in total. The van der Waals surface area contributed by atoms with E-state index in [9.17, 15) is 55.5 Å². The van der Waals surface area contributed by atoms with E-state index in [1.807, 2.05) is 0 Å². The van der Waals surface area contributed by atoms with Crippen LogP contribution in [0.2, 0.25) is 0 Å². The maximum absolute atomic E-state index is 12.5. The third-order valence-corrected chi connectivity index (χ3v) is 8.90. The lowest BCUT2D eigenvalue weighted by Crippen LogP contribution is -2.60. The van der Waals surface area contributed by atoms with Crippen LogP contribution in [0.25, 0.3) is 28.4 Å². The zero-order chi connectivity index (χ0) is 40.3. The molecule has 0 bridgehead atoms. The van der Waals surface area contributed by atoms with Crippen LogP contribution in [0, 0.1) is 0 Å². The molecule has 0 saturated carbocycles. The number of aliphatic hydroxyl groups excluding tert-OH is 6. The summed E-state index contributed by atoms with van der Waals surface area (Å²) in [5.74, 6) is -2.43. The van der Waals surface area contributed by atoms with Crippen molar-refractivity contribution < 1.29 is 88.4 Å². The fraction of sp³-hybridized carbons (Fsp3) is 0.342. The van der Waals surface area contributed by atoms with Crippen molar-refractivity contribution in [3.05, 3.63) is 78.4 Å². The molecule has 0 amide bonds. The smallest absolute Gasteiger partial charge is 0.402 e. The summed E-state index contributed by atoms with van der Waals surface area (Å²) in [7, 11) is 0. The van der Waals surface area contributed by atoms with Gasteiger partial charge >= 0.3 is 23.3 Å². The molecule has 0 radical (unpaired) electrons. The van der Waals surface area contributed by atoms with Crippen molar-refractivity contribution >= 4 is 29.0 Å². The molecule has 18 nitrogen and oxygen atoms in total. The summed E-state index contributed by atoms with van der Waals surface area (Å²) in [5, 5.41) is 94.1. The molecule has 0 spiro atoms. The van der Waals surface area contributed by atoms with Crippen molar-refractivity contribution in [1.29, 1.82) is 0 Å². The molecule has 10 atom stereocenters. The second kappa shape index (κ2) is 17.1. The fourth-order valence-electron chi connectivity index (χ4n) is 5.88. The molecule has 2 aliphatic heterocycles. The van der Waals surface area contributed by atoms with Crippen molar-refractivity contribution in [3.63, 3.8) is 0 Å². The molecular formula is C38H39O18+. The first-order valence-electron chi connectivity index (χ1n) is 17.1. The van der Waals surface area contributed by atoms with Crippen molar-refractivity contribution in [3.8, 4) is 40.1 Å². The molecule has 6 rings (SSSR count). The lowest BCUT2D eigenvalue weighted by atomic mass is 9.99. The number of phenolic OH excluding ortho intramolecular Hbond substituents is 3. The molecule has 4 aromatic rings. The number of phenols is 3. The summed E-state index contributed by atoms with van der Waals surface area (Å²) in [6.45, 7) is 0.0418. The molecule has 1 aromatic heterocycles. The number of benzene rings is 3. The van der Waals surface area contributed by atoms with Gasteiger partial charge in [-0.05, 0) is 48.0 Å². The van der Waals surface area contributed by atoms with E-state index in [1.54, 1.807) is 12.1 Å². The van der Waals surface area contributed by atoms with Crippen molar-refractivity contribution in [1.82, 2.24) is 0 Å². The summed E-state index contributed by atoms with van der Waals surface area (Å²) < 4.78 is 39.6. The molecule has 56 heavy (non-hydrogen) atoms. The lowest BCUT2D eigenvalue weighted by molar-refractivity contribution is -0.278. The Labute approximate surface area is 317 Å². The first kappa shape index (κ1) is 40.1. The van der Waals surface area contributed by atoms with Gasteiger partial charge in [0.2, 0.25) is 18.3 Å². The summed E-state index contributed by atoms with van der Waals surface area (Å²) >= 11 is 0. The van der Waals surface area contributed by atoms with Crippen molar-refractivity contribution in [2.24, 2.45) is 0 Å². The summed E-state index contributed by atoms with van der Waals surface area (Å²) in [6, 6.07) is 15.2. The van der Waals surface area contributed by atoms with Gasteiger partial charge in [-0.1, -0.05) is 12.1 Å². The second-order valence-corrected chi connectivity index (χ2v) is 13.0. The van der Waals surface area contributed by atoms with Gasteiger partial charge in [-0.2, -0.15) is 0 Å². The summed E-state index contributed by atoms with van der Waals surface area (Å²) in [4.78, 5) is 23.8. The molecule has 10 unspecified atom stereocenters. The first-order chi connectivity index (χ1) is 26.7. The molecular weight excluding hydrogens is 744 g/mol. The molecule has 298 valence electrons. The number of esters is 2. The largest absolute Gasteiger partial charge is 0.508 e. The van der Waals surface area contributed by atoms with Gasteiger partial charge in [0.15, 0.2) is 0 Å². The van der Waals surface area contributed by atoms with Gasteiger partial charge in [-0.3, -0.25) is 4.79 Å². The first-order valence-corrected chi connectivity index (χ1v) is 17.1. The van der Waals surface area contributed by atoms with Gasteiger partial charge in [-0.15, -0.1) is 0 Å². The minimum atomic E-state index is -1.88. The van der Waals surface area contributed by atoms with Crippen LogP contribution in [-0.2, 0) is 28.5 Å². The summed E-state index contributed by atoms with van der Waals surface area (Å²) in [6.07, 6.45) is -14.4. The molecule has 2 aliphatic rings. The van der Waals surface area contributed by atoms with E-state index in [0.29, 0.717) is 11.1 Å². The molecule has 0 aliphatic carbocycles. The van der Waals surface area contributed by atoms with Crippen LogP contribution in [0.3, 0.4) is 0 Å². The third-order valence-electron chi connectivity index (χ3n) is 8.90. The number of carbonyl (C=O) groups is 2. The Morgan fingerprint density at radius 3 is 1.77 bits per heavy atom. The van der Waals surface area contributed by atoms with Crippen LogP contribution in [-0.4, -0.2) is 133 Å². The van der Waals surface area contributed by atoms with Crippen LogP contribution in [0.1, 0.15) is 12.5 Å². The fourth-order valence-corrected chi connectivity index (χ4v) is 5.88. The van der Waals surface area contributed by atoms with Gasteiger partial charge in [0.25, 0.3) is 0 Å². The predicted octanol–water partition coefficient (Wildman–Crippen LogP) is 0.690. The van der Waals surface area contributed by atoms with E-state index in [-0.39, 0.29) is 45.5 Å². The number of carbonyl (C=O) groups excluding carboxylic acids is 2. The predicted molar refractivity (Wildman–Crippen MR) is 189 cm³/mol. The van der Waals surface area contributed by atoms with E-state index in [4.69, 9.17) is 32.8 Å². The van der Waals surface area contributed by atoms with Gasteiger partial charge in [0.1, 0.15) is 90.4 Å². The standard InChI is InChI=1S/C38H38O18/c1-17(39)50-15-27-30(44)32(46)34(48)37(55-27)53-25-13-22(42)12-24-23(25)14-26(36(52-24)19-5-9-21(41)10-6-19)54-38-35(49)33(47)31(45)28(56-38)16-51-29(43)11-4-18-2-7-20(40)8-3-18/h2-14,27-28,30-35,37-38,44-49H,15-16H2,1H3,(H2-,40,41,42,43)/p+1. The number of fused-ring (bicyclic) bond motifs is 1. The average molecular weight is 784 g/mol. The number of hydrogen-bond donors (Lipinski definition) is 9. The molecule has 18 heteroatoms. The number of rotatable bonds is 11. The van der Waals surface area contributed by atoms with Gasteiger partial charge < -0.3 is 74.4 Å². The monoisotopic (exact) mass is 783 g/mol. The highest BCUT2D eigenvalue weighted by molar-refractivity contribution is 5.89. The number of ether oxygens (including phenoxy) is 6. The van der Waals surface area contributed by atoms with Gasteiger partial charge in [-0.25, -0.2) is 9.21 Å². The molecule has 2 saturated heterocycles. The van der Waals surface area contributed by atoms with Crippen molar-refractivity contribution in [2.45, 2.75) is 68.3 Å². The Hall–Kier alpha value is -5.57. The van der Waals surface area contributed by atoms with Crippen LogP contribution in [0.4, 0.5) is 0 Å². The highest BCUT2D eigenvalue weighted by Gasteiger charge is 2.47. The number of aromatic hydroxyl groups is 3. The van der Waals surface area contributed by atoms with Crippen LogP contribution < -0.4 is 9.47 Å². The van der Waals surface area contributed by atoms with E-state index >= 15 is 0 Å². The van der Waals surface area contributed by atoms with E-state index < -0.39 is 86.6 Å². The van der Waals surface area contributed by atoms with Crippen LogP contribution in [0.5, 0.6) is 28.7 Å². The molecule has 3 aromatic carbocycles. The molecule has 2 fully saturated rings. The third kappa shape index (κ3) is 9.10. The quantitative estimate of drug-likeness (QED) is 0.0575. The SMILES string of the molecule is CC(=O)OCC1OC(Oc2cc(O)cc3[o+]c(-c4ccc(O)cc4)c(OC4OC(COC(=O)C=Cc5ccc(O)cc5)C(O)C(O)C4O)cc23)C(O)C(O)C1O. The van der Waals surface area contributed by atoms with E-state index in [2.05, 4.69) is 0 Å². The van der Waals surface area contributed by atoms with Gasteiger partial charge in [0, 0.05) is 25.1 Å². The highest BCUT2D eigenvalue weighted by Crippen LogP contribution is 2.42. The Bertz CT molecular complexity index is 2040. The van der Waals surface area contributed by atoms with Gasteiger partial charge in [0.05, 0.1) is 11.6 Å². The minimum absolute atomic E-state index is 0.0368. The second-order valence-electron chi connectivity index (χ2n) is 13.0. The normalized spacial score (nSPS) is 27.8. The highest BCUT2D eigenvalue weighted by atomic mass is 16.7. The zero-order valence-electron chi connectivity index (χ0n) is 29.4. The zero-order valence-corrected chi connectivity index (χ0v) is 29.4. The topological polar surface area (TPSA) is 283 Å². The maximum Gasteiger partial charge on any atom is 0.402 e. The Morgan fingerprint density at radius 1 is 0.661 bits per heavy atom. The number of aliphatic hydroxyl groups is 6. The van der Waals surface area contributed by atoms with E-state index in [0.717, 1.165) is 19.1 Å². The Morgan fingerprint density at radius 2 is 1.20 bits per heavy atom. The van der Waals surface area contributed by atoms with Crippen LogP contribution in [0.15, 0.2) is 77.2 Å². The molecule has 3 heterocycles. The Kier molecular flexibility index (Phi) is 12.2. The lowest BCUT2D eigenvalue weighted by Gasteiger charge is -2.40. The average Bonchev–Trinajstić information content (AvgIpc) is 3.17. The Balaban J connectivity index is 1.29. The van der Waals surface area contributed by atoms with Crippen LogP contribution >= 0.6 is 0 Å². The van der Waals surface area contributed by atoms with Crippen molar-refractivity contribution in [2.75, 3.05) is 13.2 Å². The number of hydrogen-bond acceptors (Lipinski definition) is 17. The summed E-state index contributed by atoms with van der Waals surface area (Å²) in [5.41, 5.74) is 0.847.